The standard InChI is InChI=1S/C12H25NO2/c1-3-12(2,10-15)9-13-7-5-4-6-11(13)8-14/h11,14-15H,3-10H2,1-2H3. The first kappa shape index (κ1) is 12.9. The number of aliphatic hydroxyl groups excluding tert-OH is 2. The molecular weight excluding hydrogens is 190 g/mol. The Hall–Kier alpha value is -0.120. The molecule has 0 aliphatic carbocycles. The van der Waals surface area contributed by atoms with E-state index < -0.39 is 0 Å². The highest BCUT2D eigenvalue weighted by molar-refractivity contribution is 4.83. The van der Waals surface area contributed by atoms with Crippen molar-refractivity contribution < 1.29 is 10.2 Å². The molecule has 1 aliphatic rings. The predicted molar refractivity (Wildman–Crippen MR) is 61.8 cm³/mol. The summed E-state index contributed by atoms with van der Waals surface area (Å²) in [6.07, 6.45) is 4.53. The molecule has 1 aliphatic heterocycles. The maximum atomic E-state index is 9.39. The van der Waals surface area contributed by atoms with Crippen LogP contribution in [0.15, 0.2) is 0 Å². The summed E-state index contributed by atoms with van der Waals surface area (Å²) in [7, 11) is 0. The number of nitrogens with zero attached hydrogens (tertiary/aromatic N) is 1. The normalized spacial score (nSPS) is 27.6. The molecule has 0 radical (unpaired) electrons. The smallest absolute Gasteiger partial charge is 0.0586 e. The van der Waals surface area contributed by atoms with E-state index in [0.717, 1.165) is 25.9 Å². The van der Waals surface area contributed by atoms with Crippen molar-refractivity contribution in [3.63, 3.8) is 0 Å². The fourth-order valence-electron chi connectivity index (χ4n) is 2.24. The minimum absolute atomic E-state index is 0.00917. The molecule has 1 fully saturated rings. The summed E-state index contributed by atoms with van der Waals surface area (Å²) in [6.45, 7) is 6.71. The molecule has 0 aromatic heterocycles. The molecular formula is C12H25NO2. The third-order valence-corrected chi connectivity index (χ3v) is 3.78. The fraction of sp³-hybridized carbons (Fsp3) is 1.00. The Labute approximate surface area is 93.1 Å². The van der Waals surface area contributed by atoms with Gasteiger partial charge in [0.25, 0.3) is 0 Å². The number of piperidine rings is 1. The first-order chi connectivity index (χ1) is 7.15. The van der Waals surface area contributed by atoms with Crippen LogP contribution in [0.25, 0.3) is 0 Å². The lowest BCUT2D eigenvalue weighted by Gasteiger charge is -2.40. The van der Waals surface area contributed by atoms with Crippen LogP contribution in [-0.4, -0.2) is 47.5 Å². The minimum atomic E-state index is -0.00917. The topological polar surface area (TPSA) is 43.7 Å². The van der Waals surface area contributed by atoms with Crippen molar-refractivity contribution in [2.45, 2.75) is 45.6 Å². The van der Waals surface area contributed by atoms with Gasteiger partial charge >= 0.3 is 0 Å². The average Bonchev–Trinajstić information content (AvgIpc) is 2.29. The monoisotopic (exact) mass is 215 g/mol. The lowest BCUT2D eigenvalue weighted by atomic mass is 9.86. The summed E-state index contributed by atoms with van der Waals surface area (Å²) in [5.74, 6) is 0. The molecule has 2 atom stereocenters. The molecule has 90 valence electrons. The summed E-state index contributed by atoms with van der Waals surface area (Å²) in [5.41, 5.74) is -0.00917. The van der Waals surface area contributed by atoms with Crippen LogP contribution in [0.5, 0.6) is 0 Å². The SMILES string of the molecule is CCC(C)(CO)CN1CCCCC1CO. The van der Waals surface area contributed by atoms with Crippen LogP contribution in [0.2, 0.25) is 0 Å². The van der Waals surface area contributed by atoms with Gasteiger partial charge in [0, 0.05) is 24.6 Å². The van der Waals surface area contributed by atoms with E-state index >= 15 is 0 Å². The summed E-state index contributed by atoms with van der Waals surface area (Å²) in [6, 6.07) is 0.316. The van der Waals surface area contributed by atoms with E-state index in [1.165, 1.54) is 12.8 Å². The van der Waals surface area contributed by atoms with Crippen LogP contribution in [0.4, 0.5) is 0 Å². The molecule has 3 nitrogen and oxygen atoms in total. The first-order valence-electron chi connectivity index (χ1n) is 6.11. The number of hydrogen-bond acceptors (Lipinski definition) is 3. The number of aliphatic hydroxyl groups is 2. The van der Waals surface area contributed by atoms with Crippen LogP contribution in [0, 0.1) is 5.41 Å². The summed E-state index contributed by atoms with van der Waals surface area (Å²) >= 11 is 0. The lowest BCUT2D eigenvalue weighted by Crippen LogP contribution is -2.47. The summed E-state index contributed by atoms with van der Waals surface area (Å²) < 4.78 is 0. The average molecular weight is 215 g/mol. The van der Waals surface area contributed by atoms with Crippen molar-refractivity contribution in [1.82, 2.24) is 4.90 Å². The van der Waals surface area contributed by atoms with Crippen molar-refractivity contribution in [2.75, 3.05) is 26.3 Å². The zero-order valence-corrected chi connectivity index (χ0v) is 10.1. The van der Waals surface area contributed by atoms with E-state index in [-0.39, 0.29) is 18.6 Å². The Bertz CT molecular complexity index is 180. The van der Waals surface area contributed by atoms with Gasteiger partial charge in [0.1, 0.15) is 0 Å². The summed E-state index contributed by atoms with van der Waals surface area (Å²) in [4.78, 5) is 2.35. The molecule has 0 aromatic rings. The molecule has 0 aromatic carbocycles. The van der Waals surface area contributed by atoms with Crippen LogP contribution in [-0.2, 0) is 0 Å². The second-order valence-corrected chi connectivity index (χ2v) is 5.12. The van der Waals surface area contributed by atoms with Gasteiger partial charge in [-0.3, -0.25) is 4.90 Å². The highest BCUT2D eigenvalue weighted by Crippen LogP contribution is 2.26. The molecule has 1 rings (SSSR count). The third-order valence-electron chi connectivity index (χ3n) is 3.78. The molecule has 15 heavy (non-hydrogen) atoms. The Morgan fingerprint density at radius 1 is 1.33 bits per heavy atom. The Morgan fingerprint density at radius 3 is 2.60 bits per heavy atom. The van der Waals surface area contributed by atoms with Gasteiger partial charge < -0.3 is 10.2 Å². The molecule has 1 saturated heterocycles. The van der Waals surface area contributed by atoms with Crippen LogP contribution >= 0.6 is 0 Å². The van der Waals surface area contributed by atoms with Crippen molar-refractivity contribution >= 4 is 0 Å². The maximum Gasteiger partial charge on any atom is 0.0586 e. The van der Waals surface area contributed by atoms with E-state index in [4.69, 9.17) is 0 Å². The van der Waals surface area contributed by atoms with Crippen LogP contribution in [0.1, 0.15) is 39.5 Å². The molecule has 2 unspecified atom stereocenters. The molecule has 2 N–H and O–H groups in total. The second kappa shape index (κ2) is 5.83. The predicted octanol–water partition coefficient (Wildman–Crippen LogP) is 1.24. The highest BCUT2D eigenvalue weighted by atomic mass is 16.3. The Kier molecular flexibility index (Phi) is 5.03. The molecule has 1 heterocycles. The van der Waals surface area contributed by atoms with Crippen molar-refractivity contribution in [2.24, 2.45) is 5.41 Å². The Morgan fingerprint density at radius 2 is 2.07 bits per heavy atom. The zero-order chi connectivity index (χ0) is 11.3. The highest BCUT2D eigenvalue weighted by Gasteiger charge is 2.29. The first-order valence-corrected chi connectivity index (χ1v) is 6.11. The summed E-state index contributed by atoms with van der Waals surface area (Å²) in [5, 5.41) is 18.7. The molecule has 0 saturated carbocycles. The van der Waals surface area contributed by atoms with Crippen molar-refractivity contribution in [3.8, 4) is 0 Å². The second-order valence-electron chi connectivity index (χ2n) is 5.12. The van der Waals surface area contributed by atoms with E-state index in [2.05, 4.69) is 18.7 Å². The van der Waals surface area contributed by atoms with Gasteiger partial charge in [-0.2, -0.15) is 0 Å². The van der Waals surface area contributed by atoms with E-state index in [1.54, 1.807) is 0 Å². The largest absolute Gasteiger partial charge is 0.396 e. The van der Waals surface area contributed by atoms with Gasteiger partial charge in [0.05, 0.1) is 6.61 Å². The molecule has 3 heteroatoms. The van der Waals surface area contributed by atoms with Crippen molar-refractivity contribution in [1.29, 1.82) is 0 Å². The number of likely N-dealkylation sites (tertiary alicyclic amines) is 1. The third kappa shape index (κ3) is 3.44. The molecule has 0 amide bonds. The number of hydrogen-bond donors (Lipinski definition) is 2. The van der Waals surface area contributed by atoms with E-state index in [9.17, 15) is 10.2 Å². The maximum absolute atomic E-state index is 9.39. The number of rotatable bonds is 5. The quantitative estimate of drug-likeness (QED) is 0.725. The zero-order valence-electron chi connectivity index (χ0n) is 10.1. The fourth-order valence-corrected chi connectivity index (χ4v) is 2.24. The van der Waals surface area contributed by atoms with Gasteiger partial charge in [0.15, 0.2) is 0 Å². The van der Waals surface area contributed by atoms with Gasteiger partial charge in [-0.15, -0.1) is 0 Å². The van der Waals surface area contributed by atoms with Gasteiger partial charge in [-0.05, 0) is 25.8 Å². The van der Waals surface area contributed by atoms with Crippen molar-refractivity contribution in [3.05, 3.63) is 0 Å². The lowest BCUT2D eigenvalue weighted by molar-refractivity contribution is 0.0266. The van der Waals surface area contributed by atoms with E-state index in [0.29, 0.717) is 6.04 Å². The Balaban J connectivity index is 2.53. The van der Waals surface area contributed by atoms with Crippen LogP contribution in [0.3, 0.4) is 0 Å². The van der Waals surface area contributed by atoms with Gasteiger partial charge in [0.2, 0.25) is 0 Å². The van der Waals surface area contributed by atoms with Gasteiger partial charge in [-0.1, -0.05) is 20.3 Å². The van der Waals surface area contributed by atoms with E-state index in [1.807, 2.05) is 0 Å². The van der Waals surface area contributed by atoms with Gasteiger partial charge in [-0.25, -0.2) is 0 Å². The minimum Gasteiger partial charge on any atom is -0.396 e. The van der Waals surface area contributed by atoms with Crippen LogP contribution < -0.4 is 0 Å². The molecule has 0 bridgehead atoms. The molecule has 0 spiro atoms.